The summed E-state index contributed by atoms with van der Waals surface area (Å²) in [6.07, 6.45) is 3.58. The summed E-state index contributed by atoms with van der Waals surface area (Å²) in [5.74, 6) is 0. The van der Waals surface area contributed by atoms with Crippen LogP contribution in [0, 0.1) is 6.92 Å². The number of nitrogens with zero attached hydrogens (tertiary/aromatic N) is 1. The molecule has 1 aromatic carbocycles. The highest BCUT2D eigenvalue weighted by atomic mass is 32.2. The monoisotopic (exact) mass is 193 g/mol. The lowest BCUT2D eigenvalue weighted by atomic mass is 10.1. The molecule has 2 nitrogen and oxygen atoms in total. The van der Waals surface area contributed by atoms with Gasteiger partial charge in [0.2, 0.25) is 6.08 Å². The van der Waals surface area contributed by atoms with E-state index in [4.69, 9.17) is 0 Å². The SMILES string of the molecule is CSc1ccc(CN=C=O)cc1C. The average Bonchev–Trinajstić information content (AvgIpc) is 2.15. The maximum atomic E-state index is 9.89. The topological polar surface area (TPSA) is 29.4 Å². The molecule has 0 aliphatic rings. The second kappa shape index (κ2) is 4.85. The van der Waals surface area contributed by atoms with Crippen molar-refractivity contribution in [2.24, 2.45) is 4.99 Å². The van der Waals surface area contributed by atoms with Gasteiger partial charge in [-0.1, -0.05) is 12.1 Å². The van der Waals surface area contributed by atoms with Gasteiger partial charge in [0.05, 0.1) is 6.54 Å². The van der Waals surface area contributed by atoms with Gasteiger partial charge in [0, 0.05) is 4.90 Å². The first-order valence-corrected chi connectivity index (χ1v) is 5.17. The van der Waals surface area contributed by atoms with E-state index in [0.29, 0.717) is 6.54 Å². The van der Waals surface area contributed by atoms with Crippen LogP contribution in [0.25, 0.3) is 0 Å². The molecule has 0 aliphatic carbocycles. The van der Waals surface area contributed by atoms with Crippen LogP contribution >= 0.6 is 11.8 Å². The van der Waals surface area contributed by atoms with E-state index in [1.165, 1.54) is 16.5 Å². The summed E-state index contributed by atoms with van der Waals surface area (Å²) in [4.78, 5) is 14.7. The van der Waals surface area contributed by atoms with Crippen LogP contribution in [-0.2, 0) is 11.3 Å². The highest BCUT2D eigenvalue weighted by molar-refractivity contribution is 7.98. The van der Waals surface area contributed by atoms with Gasteiger partial charge in [-0.25, -0.2) is 9.79 Å². The molecule has 1 aromatic rings. The van der Waals surface area contributed by atoms with Crippen molar-refractivity contribution in [3.8, 4) is 0 Å². The summed E-state index contributed by atoms with van der Waals surface area (Å²) in [6.45, 7) is 2.49. The Labute approximate surface area is 82.1 Å². The minimum Gasteiger partial charge on any atom is -0.211 e. The first-order valence-electron chi connectivity index (χ1n) is 3.95. The third-order valence-corrected chi connectivity index (χ3v) is 2.68. The molecule has 13 heavy (non-hydrogen) atoms. The predicted molar refractivity (Wildman–Crippen MR) is 54.8 cm³/mol. The number of thioether (sulfide) groups is 1. The fourth-order valence-electron chi connectivity index (χ4n) is 1.16. The van der Waals surface area contributed by atoms with E-state index < -0.39 is 0 Å². The molecule has 0 fully saturated rings. The lowest BCUT2D eigenvalue weighted by molar-refractivity contribution is 0.563. The number of benzene rings is 1. The molecule has 0 aromatic heterocycles. The van der Waals surface area contributed by atoms with E-state index in [2.05, 4.69) is 18.0 Å². The molecular weight excluding hydrogens is 182 g/mol. The number of rotatable bonds is 3. The van der Waals surface area contributed by atoms with E-state index in [1.54, 1.807) is 11.8 Å². The molecule has 68 valence electrons. The third kappa shape index (κ3) is 2.72. The quantitative estimate of drug-likeness (QED) is 0.419. The second-order valence-corrected chi connectivity index (χ2v) is 3.56. The number of isocyanates is 1. The minimum atomic E-state index is 0.430. The Morgan fingerprint density at radius 3 is 2.85 bits per heavy atom. The Morgan fingerprint density at radius 2 is 2.31 bits per heavy atom. The van der Waals surface area contributed by atoms with Gasteiger partial charge in [0.25, 0.3) is 0 Å². The normalized spacial score (nSPS) is 9.38. The molecule has 0 N–H and O–H groups in total. The molecule has 0 heterocycles. The molecule has 0 saturated heterocycles. The number of carbonyl (C=O) groups excluding carboxylic acids is 1. The van der Waals surface area contributed by atoms with Crippen LogP contribution in [0.3, 0.4) is 0 Å². The molecule has 0 saturated carbocycles. The van der Waals surface area contributed by atoms with Gasteiger partial charge in [-0.05, 0) is 30.4 Å². The van der Waals surface area contributed by atoms with Gasteiger partial charge in [0.15, 0.2) is 0 Å². The standard InChI is InChI=1S/C10H11NOS/c1-8-5-9(6-11-7-12)3-4-10(8)13-2/h3-5H,6H2,1-2H3. The summed E-state index contributed by atoms with van der Waals surface area (Å²) >= 11 is 1.72. The molecule has 3 heteroatoms. The zero-order chi connectivity index (χ0) is 9.68. The van der Waals surface area contributed by atoms with E-state index in [-0.39, 0.29) is 0 Å². The average molecular weight is 193 g/mol. The number of hydrogen-bond acceptors (Lipinski definition) is 3. The lowest BCUT2D eigenvalue weighted by Gasteiger charge is -2.03. The van der Waals surface area contributed by atoms with Crippen LogP contribution < -0.4 is 0 Å². The van der Waals surface area contributed by atoms with Gasteiger partial charge in [-0.15, -0.1) is 11.8 Å². The van der Waals surface area contributed by atoms with Crippen LogP contribution in [0.4, 0.5) is 0 Å². The Morgan fingerprint density at radius 1 is 1.54 bits per heavy atom. The van der Waals surface area contributed by atoms with Crippen molar-refractivity contribution in [3.05, 3.63) is 29.3 Å². The summed E-state index contributed by atoms with van der Waals surface area (Å²) < 4.78 is 0. The van der Waals surface area contributed by atoms with Gasteiger partial charge in [-0.3, -0.25) is 0 Å². The van der Waals surface area contributed by atoms with Crippen LogP contribution in [0.5, 0.6) is 0 Å². The highest BCUT2D eigenvalue weighted by Gasteiger charge is 1.97. The smallest absolute Gasteiger partial charge is 0.211 e. The van der Waals surface area contributed by atoms with Crippen molar-refractivity contribution in [1.82, 2.24) is 0 Å². The summed E-state index contributed by atoms with van der Waals surface area (Å²) in [5.41, 5.74) is 2.28. The van der Waals surface area contributed by atoms with E-state index >= 15 is 0 Å². The first-order chi connectivity index (χ1) is 6.27. The van der Waals surface area contributed by atoms with Gasteiger partial charge in [0.1, 0.15) is 0 Å². The number of aryl methyl sites for hydroxylation is 1. The minimum absolute atomic E-state index is 0.430. The van der Waals surface area contributed by atoms with Crippen LogP contribution in [0.15, 0.2) is 28.1 Å². The highest BCUT2D eigenvalue weighted by Crippen LogP contribution is 2.20. The predicted octanol–water partition coefficient (Wildman–Crippen LogP) is 2.55. The van der Waals surface area contributed by atoms with Crippen LogP contribution in [-0.4, -0.2) is 12.3 Å². The van der Waals surface area contributed by atoms with Crippen molar-refractivity contribution in [1.29, 1.82) is 0 Å². The van der Waals surface area contributed by atoms with Crippen molar-refractivity contribution in [2.45, 2.75) is 18.4 Å². The Kier molecular flexibility index (Phi) is 3.74. The molecule has 0 radical (unpaired) electrons. The number of hydrogen-bond donors (Lipinski definition) is 0. The van der Waals surface area contributed by atoms with Gasteiger partial charge in [-0.2, -0.15) is 0 Å². The Bertz CT molecular complexity index is 343. The largest absolute Gasteiger partial charge is 0.235 e. The lowest BCUT2D eigenvalue weighted by Crippen LogP contribution is -1.85. The fourth-order valence-corrected chi connectivity index (χ4v) is 1.75. The van der Waals surface area contributed by atoms with Crippen molar-refractivity contribution in [2.75, 3.05) is 6.26 Å². The van der Waals surface area contributed by atoms with Crippen molar-refractivity contribution in [3.63, 3.8) is 0 Å². The summed E-state index contributed by atoms with van der Waals surface area (Å²) in [5, 5.41) is 0. The van der Waals surface area contributed by atoms with Crippen molar-refractivity contribution < 1.29 is 4.79 Å². The fraction of sp³-hybridized carbons (Fsp3) is 0.300. The maximum Gasteiger partial charge on any atom is 0.235 e. The molecule has 0 atom stereocenters. The number of aliphatic imine (C=N–C) groups is 1. The zero-order valence-corrected chi connectivity index (χ0v) is 8.52. The summed E-state index contributed by atoms with van der Waals surface area (Å²) in [6, 6.07) is 6.09. The van der Waals surface area contributed by atoms with E-state index in [9.17, 15) is 4.79 Å². The van der Waals surface area contributed by atoms with Gasteiger partial charge < -0.3 is 0 Å². The Balaban J connectivity index is 2.88. The zero-order valence-electron chi connectivity index (χ0n) is 7.70. The molecule has 0 amide bonds. The Hall–Kier alpha value is -1.05. The summed E-state index contributed by atoms with van der Waals surface area (Å²) in [7, 11) is 0. The van der Waals surface area contributed by atoms with Crippen LogP contribution in [0.1, 0.15) is 11.1 Å². The van der Waals surface area contributed by atoms with Crippen LogP contribution in [0.2, 0.25) is 0 Å². The maximum absolute atomic E-state index is 9.89. The molecule has 0 bridgehead atoms. The second-order valence-electron chi connectivity index (χ2n) is 2.71. The molecule has 0 unspecified atom stereocenters. The third-order valence-electron chi connectivity index (χ3n) is 1.79. The van der Waals surface area contributed by atoms with E-state index in [1.807, 2.05) is 18.4 Å². The first kappa shape index (κ1) is 10.0. The molecule has 0 aliphatic heterocycles. The van der Waals surface area contributed by atoms with Crippen molar-refractivity contribution >= 4 is 17.8 Å². The van der Waals surface area contributed by atoms with Gasteiger partial charge >= 0.3 is 0 Å². The van der Waals surface area contributed by atoms with E-state index in [0.717, 1.165) is 5.56 Å². The molecular formula is C10H11NOS. The molecule has 1 rings (SSSR count). The molecule has 0 spiro atoms.